The van der Waals surface area contributed by atoms with E-state index in [0.717, 1.165) is 16.3 Å². The number of aromatic carboxylic acids is 1. The summed E-state index contributed by atoms with van der Waals surface area (Å²) in [5.74, 6) is 0.00440. The predicted molar refractivity (Wildman–Crippen MR) is 84.8 cm³/mol. The van der Waals surface area contributed by atoms with Gasteiger partial charge in [-0.3, -0.25) is 0 Å². The van der Waals surface area contributed by atoms with Crippen LogP contribution in [0.4, 0.5) is 5.69 Å². The molecule has 0 unspecified atom stereocenters. The smallest absolute Gasteiger partial charge is 0.338 e. The van der Waals surface area contributed by atoms with Crippen LogP contribution >= 0.6 is 11.8 Å². The van der Waals surface area contributed by atoms with Gasteiger partial charge < -0.3 is 10.4 Å². The van der Waals surface area contributed by atoms with Gasteiger partial charge in [-0.1, -0.05) is 40.7 Å². The highest BCUT2D eigenvalue weighted by Gasteiger charge is 2.65. The number of thioether (sulfide) groups is 1. The van der Waals surface area contributed by atoms with Crippen LogP contribution in [0, 0.1) is 10.8 Å². The number of benzene rings is 1. The molecular formula is C16H23NO2S. The van der Waals surface area contributed by atoms with E-state index in [4.69, 9.17) is 0 Å². The average molecular weight is 293 g/mol. The SMILES string of the molecule is CCSc1cccc(NC2C(C)(C)C2(C)C)c1C(=O)O. The number of carboxylic acids is 1. The number of carboxylic acid groups (broad SMARTS) is 1. The Bertz CT molecular complexity index is 523. The first-order valence-electron chi connectivity index (χ1n) is 6.99. The molecule has 1 saturated carbocycles. The lowest BCUT2D eigenvalue weighted by Gasteiger charge is -2.14. The third-order valence-electron chi connectivity index (χ3n) is 4.86. The van der Waals surface area contributed by atoms with E-state index in [2.05, 4.69) is 33.0 Å². The summed E-state index contributed by atoms with van der Waals surface area (Å²) < 4.78 is 0. The molecule has 0 radical (unpaired) electrons. The highest BCUT2D eigenvalue weighted by atomic mass is 32.2. The molecule has 0 aromatic heterocycles. The standard InChI is InChI=1S/C16H23NO2S/c1-6-20-11-9-7-8-10(12(11)13(18)19)17-14-15(2,3)16(14,4)5/h7-9,14,17H,6H2,1-5H3,(H,18,19). The molecule has 1 aliphatic carbocycles. The molecule has 1 fully saturated rings. The Morgan fingerprint density at radius 1 is 1.30 bits per heavy atom. The van der Waals surface area contributed by atoms with Crippen LogP contribution < -0.4 is 5.32 Å². The number of hydrogen-bond acceptors (Lipinski definition) is 3. The third kappa shape index (κ3) is 2.30. The van der Waals surface area contributed by atoms with Crippen molar-refractivity contribution in [3.05, 3.63) is 23.8 Å². The topological polar surface area (TPSA) is 49.3 Å². The predicted octanol–water partition coefficient (Wildman–Crippen LogP) is 4.34. The van der Waals surface area contributed by atoms with E-state index in [-0.39, 0.29) is 10.8 Å². The maximum Gasteiger partial charge on any atom is 0.338 e. The minimum atomic E-state index is -0.861. The summed E-state index contributed by atoms with van der Waals surface area (Å²) in [5, 5.41) is 13.0. The van der Waals surface area contributed by atoms with Crippen molar-refractivity contribution in [2.45, 2.75) is 45.6 Å². The van der Waals surface area contributed by atoms with Crippen LogP contribution in [0.3, 0.4) is 0 Å². The van der Waals surface area contributed by atoms with Crippen LogP contribution in [0.5, 0.6) is 0 Å². The van der Waals surface area contributed by atoms with Crippen molar-refractivity contribution in [3.63, 3.8) is 0 Å². The van der Waals surface area contributed by atoms with Crippen molar-refractivity contribution < 1.29 is 9.90 Å². The van der Waals surface area contributed by atoms with Crippen LogP contribution in [-0.2, 0) is 0 Å². The number of carbonyl (C=O) groups is 1. The third-order valence-corrected chi connectivity index (χ3v) is 5.80. The summed E-state index contributed by atoms with van der Waals surface area (Å²) in [6.45, 7) is 10.9. The Kier molecular flexibility index (Phi) is 3.80. The number of hydrogen-bond donors (Lipinski definition) is 2. The second kappa shape index (κ2) is 4.99. The zero-order chi connectivity index (χ0) is 15.1. The van der Waals surface area contributed by atoms with Crippen molar-refractivity contribution in [3.8, 4) is 0 Å². The van der Waals surface area contributed by atoms with Crippen LogP contribution in [0.15, 0.2) is 23.1 Å². The van der Waals surface area contributed by atoms with Gasteiger partial charge in [-0.05, 0) is 28.7 Å². The second-order valence-electron chi connectivity index (χ2n) is 6.44. The minimum Gasteiger partial charge on any atom is -0.478 e. The van der Waals surface area contributed by atoms with Gasteiger partial charge >= 0.3 is 5.97 Å². The lowest BCUT2D eigenvalue weighted by Crippen LogP contribution is -2.14. The molecule has 0 bridgehead atoms. The van der Waals surface area contributed by atoms with E-state index in [0.29, 0.717) is 11.6 Å². The lowest BCUT2D eigenvalue weighted by atomic mass is 10.0. The van der Waals surface area contributed by atoms with Gasteiger partial charge in [0.05, 0.1) is 11.3 Å². The lowest BCUT2D eigenvalue weighted by molar-refractivity contribution is 0.0694. The molecule has 0 saturated heterocycles. The van der Waals surface area contributed by atoms with Crippen molar-refractivity contribution in [1.29, 1.82) is 0 Å². The number of anilines is 1. The molecule has 0 amide bonds. The van der Waals surface area contributed by atoms with Crippen LogP contribution in [0.1, 0.15) is 45.0 Å². The molecule has 3 nitrogen and oxygen atoms in total. The summed E-state index contributed by atoms with van der Waals surface area (Å²) in [6, 6.07) is 5.98. The van der Waals surface area contributed by atoms with E-state index in [1.807, 2.05) is 25.1 Å². The van der Waals surface area contributed by atoms with Crippen LogP contribution in [0.25, 0.3) is 0 Å². The van der Waals surface area contributed by atoms with Crippen molar-refractivity contribution in [2.24, 2.45) is 10.8 Å². The summed E-state index contributed by atoms with van der Waals surface area (Å²) in [6.07, 6.45) is 0. The zero-order valence-corrected chi connectivity index (χ0v) is 13.6. The number of rotatable bonds is 5. The first-order chi connectivity index (χ1) is 9.23. The quantitative estimate of drug-likeness (QED) is 0.793. The summed E-state index contributed by atoms with van der Waals surface area (Å²) in [4.78, 5) is 12.4. The normalized spacial score (nSPS) is 19.6. The molecule has 110 valence electrons. The monoisotopic (exact) mass is 293 g/mol. The molecule has 4 heteroatoms. The Labute approximate surface area is 125 Å². The Morgan fingerprint density at radius 3 is 2.35 bits per heavy atom. The minimum absolute atomic E-state index is 0.177. The number of nitrogens with one attached hydrogen (secondary N) is 1. The molecule has 0 aliphatic heterocycles. The largest absolute Gasteiger partial charge is 0.478 e. The van der Waals surface area contributed by atoms with Gasteiger partial charge in [-0.15, -0.1) is 11.8 Å². The first kappa shape index (κ1) is 15.2. The van der Waals surface area contributed by atoms with Gasteiger partial charge in [0.2, 0.25) is 0 Å². The van der Waals surface area contributed by atoms with E-state index >= 15 is 0 Å². The van der Waals surface area contributed by atoms with Crippen LogP contribution in [0.2, 0.25) is 0 Å². The summed E-state index contributed by atoms with van der Waals surface area (Å²) in [5.41, 5.74) is 1.49. The first-order valence-corrected chi connectivity index (χ1v) is 7.97. The fourth-order valence-electron chi connectivity index (χ4n) is 2.86. The molecule has 2 rings (SSSR count). The Morgan fingerprint density at radius 2 is 1.90 bits per heavy atom. The summed E-state index contributed by atoms with van der Waals surface area (Å²) in [7, 11) is 0. The van der Waals surface area contributed by atoms with E-state index < -0.39 is 5.97 Å². The summed E-state index contributed by atoms with van der Waals surface area (Å²) >= 11 is 1.57. The zero-order valence-electron chi connectivity index (χ0n) is 12.8. The molecular weight excluding hydrogens is 270 g/mol. The molecule has 0 atom stereocenters. The average Bonchev–Trinajstić information content (AvgIpc) is 2.72. The van der Waals surface area contributed by atoms with Gasteiger partial charge in [-0.25, -0.2) is 4.79 Å². The fourth-order valence-corrected chi connectivity index (χ4v) is 3.69. The molecule has 0 spiro atoms. The van der Waals surface area contributed by atoms with E-state index in [1.165, 1.54) is 0 Å². The molecule has 2 N–H and O–H groups in total. The molecule has 0 heterocycles. The van der Waals surface area contributed by atoms with Gasteiger partial charge in [0, 0.05) is 10.9 Å². The fraction of sp³-hybridized carbons (Fsp3) is 0.562. The maximum atomic E-state index is 11.6. The van der Waals surface area contributed by atoms with Crippen molar-refractivity contribution in [1.82, 2.24) is 0 Å². The van der Waals surface area contributed by atoms with Gasteiger partial charge in [-0.2, -0.15) is 0 Å². The molecule has 1 aromatic carbocycles. The van der Waals surface area contributed by atoms with Gasteiger partial charge in [0.15, 0.2) is 0 Å². The van der Waals surface area contributed by atoms with Gasteiger partial charge in [0.1, 0.15) is 0 Å². The van der Waals surface area contributed by atoms with E-state index in [9.17, 15) is 9.90 Å². The Balaban J connectivity index is 2.34. The Hall–Kier alpha value is -1.16. The molecule has 1 aromatic rings. The van der Waals surface area contributed by atoms with Crippen molar-refractivity contribution >= 4 is 23.4 Å². The highest BCUT2D eigenvalue weighted by molar-refractivity contribution is 7.99. The maximum absolute atomic E-state index is 11.6. The molecule has 1 aliphatic rings. The van der Waals surface area contributed by atoms with Gasteiger partial charge in [0.25, 0.3) is 0 Å². The van der Waals surface area contributed by atoms with E-state index in [1.54, 1.807) is 11.8 Å². The highest BCUT2D eigenvalue weighted by Crippen LogP contribution is 2.63. The van der Waals surface area contributed by atoms with Crippen molar-refractivity contribution in [2.75, 3.05) is 11.1 Å². The van der Waals surface area contributed by atoms with Crippen LogP contribution in [-0.4, -0.2) is 22.9 Å². The molecule has 20 heavy (non-hydrogen) atoms. The second-order valence-corrected chi connectivity index (χ2v) is 7.74.